The van der Waals surface area contributed by atoms with Gasteiger partial charge in [-0.2, -0.15) is 0 Å². The first kappa shape index (κ1) is 9.26. The Morgan fingerprint density at radius 1 is 1.92 bits per heavy atom. The molecule has 1 fully saturated rings. The molecule has 1 N–H and O–H groups in total. The quantitative estimate of drug-likeness (QED) is 0.621. The molecule has 1 saturated heterocycles. The Balaban J connectivity index is 2.46. The number of likely N-dealkylation sites (tertiary alicyclic amines) is 1. The molecule has 0 aromatic heterocycles. The van der Waals surface area contributed by atoms with Crippen LogP contribution in [0.1, 0.15) is 13.3 Å². The van der Waals surface area contributed by atoms with E-state index in [1.165, 1.54) is 0 Å². The molecule has 2 atom stereocenters. The molecule has 12 heavy (non-hydrogen) atoms. The lowest BCUT2D eigenvalue weighted by molar-refractivity contribution is -0.128. The van der Waals surface area contributed by atoms with Gasteiger partial charge in [-0.05, 0) is 6.92 Å². The molecule has 0 spiro atoms. The van der Waals surface area contributed by atoms with Crippen molar-refractivity contribution in [2.45, 2.75) is 19.4 Å². The fourth-order valence-electron chi connectivity index (χ4n) is 1.46. The maximum absolute atomic E-state index is 11.2. The van der Waals surface area contributed by atoms with Crippen LogP contribution in [0.25, 0.3) is 0 Å². The summed E-state index contributed by atoms with van der Waals surface area (Å²) >= 11 is 0. The second kappa shape index (κ2) is 3.72. The van der Waals surface area contributed by atoms with Crippen molar-refractivity contribution in [1.29, 1.82) is 0 Å². The molecule has 68 valence electrons. The Labute approximate surface area is 72.7 Å². The number of β-amino-alcohol motifs (C(OH)–C–C–N with tert-alkyl or cyclic N) is 1. The zero-order valence-corrected chi connectivity index (χ0v) is 7.36. The van der Waals surface area contributed by atoms with Crippen LogP contribution in [0, 0.1) is 5.92 Å². The van der Waals surface area contributed by atoms with E-state index in [1.54, 1.807) is 17.9 Å². The van der Waals surface area contributed by atoms with Gasteiger partial charge in [0.05, 0.1) is 6.10 Å². The van der Waals surface area contributed by atoms with Crippen LogP contribution in [0.3, 0.4) is 0 Å². The van der Waals surface area contributed by atoms with Crippen molar-refractivity contribution in [1.82, 2.24) is 4.90 Å². The lowest BCUT2D eigenvalue weighted by atomic mass is 10.1. The summed E-state index contributed by atoms with van der Waals surface area (Å²) in [5.41, 5.74) is 0. The fraction of sp³-hybridized carbons (Fsp3) is 0.667. The predicted octanol–water partition coefficient (Wildman–Crippen LogP) is 0.402. The number of hydrogen-bond acceptors (Lipinski definition) is 2. The summed E-state index contributed by atoms with van der Waals surface area (Å²) in [7, 11) is 0. The Kier molecular flexibility index (Phi) is 2.87. The minimum absolute atomic E-state index is 0.126. The van der Waals surface area contributed by atoms with Gasteiger partial charge in [-0.25, -0.2) is 0 Å². The average Bonchev–Trinajstić information content (AvgIpc) is 2.31. The van der Waals surface area contributed by atoms with Gasteiger partial charge in [0, 0.05) is 25.4 Å². The number of aliphatic hydroxyl groups is 1. The maximum atomic E-state index is 11.2. The zero-order chi connectivity index (χ0) is 9.14. The predicted molar refractivity (Wildman–Crippen MR) is 46.6 cm³/mol. The van der Waals surface area contributed by atoms with Gasteiger partial charge in [0.15, 0.2) is 0 Å². The van der Waals surface area contributed by atoms with Crippen LogP contribution in [-0.4, -0.2) is 35.1 Å². The molecule has 0 aromatic carbocycles. The molecule has 1 rings (SSSR count). The Bertz CT molecular complexity index is 189. The molecule has 2 unspecified atom stereocenters. The van der Waals surface area contributed by atoms with Crippen molar-refractivity contribution in [2.24, 2.45) is 5.92 Å². The molecule has 0 aromatic rings. The number of nitrogens with zero attached hydrogens (tertiary/aromatic N) is 1. The fourth-order valence-corrected chi connectivity index (χ4v) is 1.46. The summed E-state index contributed by atoms with van der Waals surface area (Å²) in [4.78, 5) is 12.9. The summed E-state index contributed by atoms with van der Waals surface area (Å²) in [6, 6.07) is 0. The summed E-state index contributed by atoms with van der Waals surface area (Å²) in [6.45, 7) is 6.50. The largest absolute Gasteiger partial charge is 0.392 e. The van der Waals surface area contributed by atoms with Gasteiger partial charge >= 0.3 is 0 Å². The topological polar surface area (TPSA) is 40.5 Å². The van der Waals surface area contributed by atoms with E-state index in [0.717, 1.165) is 0 Å². The third kappa shape index (κ3) is 2.08. The molecule has 1 aliphatic heterocycles. The van der Waals surface area contributed by atoms with E-state index in [1.807, 2.05) is 0 Å². The third-order valence-corrected chi connectivity index (χ3v) is 2.06. The van der Waals surface area contributed by atoms with E-state index < -0.39 is 6.10 Å². The highest BCUT2D eigenvalue weighted by Crippen LogP contribution is 2.18. The van der Waals surface area contributed by atoms with Crippen LogP contribution in [0.4, 0.5) is 0 Å². The lowest BCUT2D eigenvalue weighted by Gasteiger charge is -2.17. The summed E-state index contributed by atoms with van der Waals surface area (Å²) < 4.78 is 0. The van der Waals surface area contributed by atoms with Crippen molar-refractivity contribution in [3.05, 3.63) is 12.7 Å². The van der Waals surface area contributed by atoms with E-state index in [9.17, 15) is 4.79 Å². The zero-order valence-electron chi connectivity index (χ0n) is 7.36. The minimum Gasteiger partial charge on any atom is -0.392 e. The van der Waals surface area contributed by atoms with E-state index in [4.69, 9.17) is 5.11 Å². The van der Waals surface area contributed by atoms with E-state index in [-0.39, 0.29) is 11.8 Å². The van der Waals surface area contributed by atoms with Gasteiger partial charge in [0.1, 0.15) is 0 Å². The first-order chi connectivity index (χ1) is 5.63. The smallest absolute Gasteiger partial charge is 0.223 e. The molecule has 1 amide bonds. The summed E-state index contributed by atoms with van der Waals surface area (Å²) in [5.74, 6) is 0.400. The standard InChI is InChI=1S/C9H15NO2/c1-3-8-4-9(12)10(6-8)5-7(2)11/h3,7-8,11H,1,4-6H2,2H3. The number of carbonyl (C=O) groups is 1. The van der Waals surface area contributed by atoms with Gasteiger partial charge in [-0.1, -0.05) is 6.08 Å². The highest BCUT2D eigenvalue weighted by molar-refractivity contribution is 5.79. The Morgan fingerprint density at radius 3 is 3.00 bits per heavy atom. The van der Waals surface area contributed by atoms with Crippen LogP contribution < -0.4 is 0 Å². The Morgan fingerprint density at radius 2 is 2.58 bits per heavy atom. The number of rotatable bonds is 3. The van der Waals surface area contributed by atoms with Gasteiger partial charge < -0.3 is 10.0 Å². The first-order valence-corrected chi connectivity index (χ1v) is 4.22. The van der Waals surface area contributed by atoms with Gasteiger partial charge in [-0.15, -0.1) is 6.58 Å². The van der Waals surface area contributed by atoms with Gasteiger partial charge in [0.2, 0.25) is 5.91 Å². The molecule has 1 heterocycles. The molecule has 0 aliphatic carbocycles. The SMILES string of the molecule is C=CC1CC(=O)N(CC(C)O)C1. The number of aliphatic hydroxyl groups excluding tert-OH is 1. The molecular formula is C9H15NO2. The monoisotopic (exact) mass is 169 g/mol. The van der Waals surface area contributed by atoms with E-state index in [0.29, 0.717) is 19.5 Å². The summed E-state index contributed by atoms with van der Waals surface area (Å²) in [5, 5.41) is 9.07. The highest BCUT2D eigenvalue weighted by Gasteiger charge is 2.27. The molecular weight excluding hydrogens is 154 g/mol. The van der Waals surface area contributed by atoms with Crippen molar-refractivity contribution >= 4 is 5.91 Å². The maximum Gasteiger partial charge on any atom is 0.223 e. The van der Waals surface area contributed by atoms with Crippen LogP contribution in [-0.2, 0) is 4.79 Å². The molecule has 0 saturated carbocycles. The van der Waals surface area contributed by atoms with Gasteiger partial charge in [-0.3, -0.25) is 4.79 Å². The number of hydrogen-bond donors (Lipinski definition) is 1. The number of amides is 1. The molecule has 3 heteroatoms. The second-order valence-corrected chi connectivity index (χ2v) is 3.35. The molecule has 0 bridgehead atoms. The van der Waals surface area contributed by atoms with Crippen molar-refractivity contribution < 1.29 is 9.90 Å². The first-order valence-electron chi connectivity index (χ1n) is 4.22. The molecule has 0 radical (unpaired) electrons. The minimum atomic E-state index is -0.433. The average molecular weight is 169 g/mol. The lowest BCUT2D eigenvalue weighted by Crippen LogP contribution is -2.32. The van der Waals surface area contributed by atoms with Crippen molar-refractivity contribution in [2.75, 3.05) is 13.1 Å². The summed E-state index contributed by atoms with van der Waals surface area (Å²) in [6.07, 6.45) is 1.92. The third-order valence-electron chi connectivity index (χ3n) is 2.06. The Hall–Kier alpha value is -0.830. The highest BCUT2D eigenvalue weighted by atomic mass is 16.3. The van der Waals surface area contributed by atoms with Gasteiger partial charge in [0.25, 0.3) is 0 Å². The van der Waals surface area contributed by atoms with Crippen LogP contribution in [0.5, 0.6) is 0 Å². The van der Waals surface area contributed by atoms with E-state index in [2.05, 4.69) is 6.58 Å². The molecule has 3 nitrogen and oxygen atoms in total. The van der Waals surface area contributed by atoms with Crippen LogP contribution >= 0.6 is 0 Å². The van der Waals surface area contributed by atoms with E-state index >= 15 is 0 Å². The molecule has 1 aliphatic rings. The second-order valence-electron chi connectivity index (χ2n) is 3.35. The van der Waals surface area contributed by atoms with Crippen LogP contribution in [0.2, 0.25) is 0 Å². The van der Waals surface area contributed by atoms with Crippen LogP contribution in [0.15, 0.2) is 12.7 Å². The normalized spacial score (nSPS) is 26.0. The number of carbonyl (C=O) groups excluding carboxylic acids is 1. The van der Waals surface area contributed by atoms with Crippen molar-refractivity contribution in [3.63, 3.8) is 0 Å². The van der Waals surface area contributed by atoms with Crippen molar-refractivity contribution in [3.8, 4) is 0 Å².